The molecule has 1 N–H and O–H groups in total. The third-order valence-electron chi connectivity index (χ3n) is 3.61. The lowest BCUT2D eigenvalue weighted by atomic mass is 10.0. The highest BCUT2D eigenvalue weighted by molar-refractivity contribution is 6.12. The van der Waals surface area contributed by atoms with Crippen molar-refractivity contribution in [1.29, 1.82) is 0 Å². The van der Waals surface area contributed by atoms with E-state index in [1.165, 1.54) is 0 Å². The van der Waals surface area contributed by atoms with Crippen LogP contribution in [-0.2, 0) is 0 Å². The van der Waals surface area contributed by atoms with Gasteiger partial charge in [-0.05, 0) is 42.6 Å². The molecule has 3 nitrogen and oxygen atoms in total. The van der Waals surface area contributed by atoms with Crippen molar-refractivity contribution in [3.63, 3.8) is 0 Å². The molecule has 2 aromatic carbocycles. The van der Waals surface area contributed by atoms with Crippen molar-refractivity contribution in [3.8, 4) is 5.75 Å². The Balaban J connectivity index is 2.30. The summed E-state index contributed by atoms with van der Waals surface area (Å²) in [5.74, 6) is 0.249. The van der Waals surface area contributed by atoms with Gasteiger partial charge in [-0.2, -0.15) is 0 Å². The molecule has 4 rings (SSSR count). The molecule has 0 aliphatic carbocycles. The number of aromatic nitrogens is 1. The molecule has 92 valence electrons. The Labute approximate surface area is 109 Å². The summed E-state index contributed by atoms with van der Waals surface area (Å²) in [4.78, 5) is 4.16. The number of phenolic OH excluding ortho intramolecular Hbond substituents is 1. The van der Waals surface area contributed by atoms with Crippen molar-refractivity contribution in [2.45, 2.75) is 6.92 Å². The molecule has 0 spiro atoms. The lowest BCUT2D eigenvalue weighted by Gasteiger charge is -2.02. The minimum Gasteiger partial charge on any atom is -0.508 e. The van der Waals surface area contributed by atoms with Gasteiger partial charge >= 0.3 is 0 Å². The van der Waals surface area contributed by atoms with E-state index < -0.39 is 0 Å². The Bertz CT molecular complexity index is 938. The number of nitrogens with zero attached hydrogens (tertiary/aromatic N) is 1. The first-order valence-corrected chi connectivity index (χ1v) is 6.12. The van der Waals surface area contributed by atoms with Crippen molar-refractivity contribution in [2.75, 3.05) is 0 Å². The second-order valence-electron chi connectivity index (χ2n) is 4.76. The number of aryl methyl sites for hydroxylation is 1. The van der Waals surface area contributed by atoms with Crippen LogP contribution in [-0.4, -0.2) is 10.1 Å². The van der Waals surface area contributed by atoms with Gasteiger partial charge in [0.05, 0.1) is 0 Å². The highest BCUT2D eigenvalue weighted by Crippen LogP contribution is 2.36. The molecule has 0 unspecified atom stereocenters. The molecule has 0 aliphatic heterocycles. The zero-order chi connectivity index (χ0) is 13.0. The van der Waals surface area contributed by atoms with Crippen molar-refractivity contribution in [2.24, 2.45) is 0 Å². The largest absolute Gasteiger partial charge is 0.508 e. The fraction of sp³-hybridized carbons (Fsp3) is 0.0625. The zero-order valence-electron chi connectivity index (χ0n) is 10.3. The quantitative estimate of drug-likeness (QED) is 0.509. The van der Waals surface area contributed by atoms with E-state index in [9.17, 15) is 5.11 Å². The summed E-state index contributed by atoms with van der Waals surface area (Å²) in [6.45, 7) is 2.05. The highest BCUT2D eigenvalue weighted by Gasteiger charge is 2.12. The van der Waals surface area contributed by atoms with Crippen molar-refractivity contribution in [3.05, 3.63) is 48.3 Å². The summed E-state index contributed by atoms with van der Waals surface area (Å²) in [7, 11) is 0. The first-order chi connectivity index (χ1) is 9.24. The number of rotatable bonds is 0. The maximum atomic E-state index is 9.64. The minimum absolute atomic E-state index is 0.249. The number of phenols is 1. The number of fused-ring (bicyclic) bond motifs is 4. The number of furan rings is 1. The fourth-order valence-electron chi connectivity index (χ4n) is 2.67. The molecular weight excluding hydrogens is 238 g/mol. The predicted octanol–water partition coefficient (Wildman–Crippen LogP) is 4.15. The van der Waals surface area contributed by atoms with Gasteiger partial charge in [-0.15, -0.1) is 0 Å². The first-order valence-electron chi connectivity index (χ1n) is 6.12. The molecule has 0 amide bonds. The van der Waals surface area contributed by atoms with E-state index in [2.05, 4.69) is 11.1 Å². The van der Waals surface area contributed by atoms with Gasteiger partial charge in [0.15, 0.2) is 0 Å². The van der Waals surface area contributed by atoms with E-state index in [1.807, 2.05) is 19.2 Å². The van der Waals surface area contributed by atoms with E-state index in [4.69, 9.17) is 4.42 Å². The number of pyridine rings is 1. The Kier molecular flexibility index (Phi) is 1.90. The van der Waals surface area contributed by atoms with Gasteiger partial charge in [0.25, 0.3) is 0 Å². The summed E-state index contributed by atoms with van der Waals surface area (Å²) >= 11 is 0. The molecule has 2 aromatic heterocycles. The summed E-state index contributed by atoms with van der Waals surface area (Å²) < 4.78 is 5.91. The van der Waals surface area contributed by atoms with Crippen LogP contribution >= 0.6 is 0 Å². The van der Waals surface area contributed by atoms with Crippen molar-refractivity contribution < 1.29 is 9.52 Å². The van der Waals surface area contributed by atoms with Gasteiger partial charge in [0.1, 0.15) is 16.9 Å². The fourth-order valence-corrected chi connectivity index (χ4v) is 2.67. The molecule has 0 fully saturated rings. The number of hydrogen-bond acceptors (Lipinski definition) is 3. The zero-order valence-corrected chi connectivity index (χ0v) is 10.3. The average Bonchev–Trinajstić information content (AvgIpc) is 2.78. The van der Waals surface area contributed by atoms with E-state index >= 15 is 0 Å². The summed E-state index contributed by atoms with van der Waals surface area (Å²) in [5.41, 5.74) is 2.77. The van der Waals surface area contributed by atoms with Crippen LogP contribution < -0.4 is 0 Å². The molecular formula is C16H11NO2. The molecule has 0 atom stereocenters. The van der Waals surface area contributed by atoms with E-state index in [-0.39, 0.29) is 5.75 Å². The predicted molar refractivity (Wildman–Crippen MR) is 75.4 cm³/mol. The van der Waals surface area contributed by atoms with Crippen LogP contribution in [0.5, 0.6) is 5.75 Å². The van der Waals surface area contributed by atoms with E-state index in [1.54, 1.807) is 24.4 Å². The lowest BCUT2D eigenvalue weighted by Crippen LogP contribution is -1.81. The number of hydrogen-bond donors (Lipinski definition) is 1. The van der Waals surface area contributed by atoms with Crippen LogP contribution in [0.4, 0.5) is 0 Å². The lowest BCUT2D eigenvalue weighted by molar-refractivity contribution is 0.476. The van der Waals surface area contributed by atoms with Gasteiger partial charge in [-0.3, -0.25) is 4.98 Å². The second-order valence-corrected chi connectivity index (χ2v) is 4.76. The maximum Gasteiger partial charge on any atom is 0.138 e. The summed E-state index contributed by atoms with van der Waals surface area (Å²) in [5, 5.41) is 13.8. The van der Waals surface area contributed by atoms with Crippen LogP contribution in [0.2, 0.25) is 0 Å². The normalized spacial score (nSPS) is 11.6. The Hall–Kier alpha value is -2.55. The van der Waals surface area contributed by atoms with Crippen LogP contribution in [0.1, 0.15) is 5.56 Å². The standard InChI is InChI=1S/C16H11NO2/c1-9-12-4-5-17-8-10(12)6-14-13-7-11(18)2-3-15(13)19-16(9)14/h2-8,18H,1H3. The number of benzene rings is 2. The molecule has 0 radical (unpaired) electrons. The Morgan fingerprint density at radius 2 is 1.95 bits per heavy atom. The Morgan fingerprint density at radius 3 is 2.84 bits per heavy atom. The first kappa shape index (κ1) is 10.4. The number of aromatic hydroxyl groups is 1. The SMILES string of the molecule is Cc1c2ccncc2cc2c1oc1ccc(O)cc12. The van der Waals surface area contributed by atoms with Crippen molar-refractivity contribution in [1.82, 2.24) is 4.98 Å². The van der Waals surface area contributed by atoms with Crippen LogP contribution in [0, 0.1) is 6.92 Å². The van der Waals surface area contributed by atoms with Gasteiger partial charge < -0.3 is 9.52 Å². The van der Waals surface area contributed by atoms with E-state index in [0.29, 0.717) is 0 Å². The third kappa shape index (κ3) is 1.35. The minimum atomic E-state index is 0.249. The van der Waals surface area contributed by atoms with Gasteiger partial charge in [-0.25, -0.2) is 0 Å². The van der Waals surface area contributed by atoms with Gasteiger partial charge in [0.2, 0.25) is 0 Å². The second kappa shape index (κ2) is 3.48. The molecule has 19 heavy (non-hydrogen) atoms. The van der Waals surface area contributed by atoms with Gasteiger partial charge in [-0.1, -0.05) is 0 Å². The van der Waals surface area contributed by atoms with E-state index in [0.717, 1.165) is 38.3 Å². The van der Waals surface area contributed by atoms with Crippen LogP contribution in [0.15, 0.2) is 47.1 Å². The van der Waals surface area contributed by atoms with Crippen LogP contribution in [0.3, 0.4) is 0 Å². The molecule has 2 heterocycles. The summed E-state index contributed by atoms with van der Waals surface area (Å²) in [6, 6.07) is 9.24. The molecule has 4 aromatic rings. The molecule has 3 heteroatoms. The monoisotopic (exact) mass is 249 g/mol. The molecule has 0 saturated carbocycles. The summed E-state index contributed by atoms with van der Waals surface area (Å²) in [6.07, 6.45) is 3.64. The topological polar surface area (TPSA) is 46.3 Å². The van der Waals surface area contributed by atoms with Crippen molar-refractivity contribution >= 4 is 32.7 Å². The molecule has 0 bridgehead atoms. The Morgan fingerprint density at radius 1 is 1.05 bits per heavy atom. The molecule has 0 aliphatic rings. The smallest absolute Gasteiger partial charge is 0.138 e. The molecule has 0 saturated heterocycles. The highest BCUT2D eigenvalue weighted by atomic mass is 16.3. The maximum absolute atomic E-state index is 9.64. The van der Waals surface area contributed by atoms with Crippen LogP contribution in [0.25, 0.3) is 32.7 Å². The van der Waals surface area contributed by atoms with Gasteiger partial charge in [0, 0.05) is 34.1 Å². The average molecular weight is 249 g/mol. The third-order valence-corrected chi connectivity index (χ3v) is 3.61.